The highest BCUT2D eigenvalue weighted by molar-refractivity contribution is 6.42. The Morgan fingerprint density at radius 3 is 2.15 bits per heavy atom. The van der Waals surface area contributed by atoms with Gasteiger partial charge in [-0.1, -0.05) is 65.7 Å². The Balaban J connectivity index is 2.00. The van der Waals surface area contributed by atoms with Crippen molar-refractivity contribution in [2.24, 2.45) is 5.73 Å². The number of hydrogen-bond donors (Lipinski definition) is 1. The van der Waals surface area contributed by atoms with E-state index in [2.05, 4.69) is 0 Å². The highest BCUT2D eigenvalue weighted by Crippen LogP contribution is 2.32. The minimum Gasteiger partial charge on any atom is -0.312 e. The second-order valence-corrected chi connectivity index (χ2v) is 6.81. The summed E-state index contributed by atoms with van der Waals surface area (Å²) in [5, 5.41) is 11.6. The molecule has 0 bridgehead atoms. The lowest BCUT2D eigenvalue weighted by atomic mass is 9.84. The monoisotopic (exact) mass is 400 g/mol. The summed E-state index contributed by atoms with van der Waals surface area (Å²) in [6.45, 7) is 0. The topological polar surface area (TPSA) is 86.2 Å². The molecular formula is C20H14Cl2N2O3. The van der Waals surface area contributed by atoms with Crippen molar-refractivity contribution in [3.8, 4) is 11.1 Å². The Bertz CT molecular complexity index is 1020. The van der Waals surface area contributed by atoms with Gasteiger partial charge in [-0.15, -0.1) is 0 Å². The van der Waals surface area contributed by atoms with Gasteiger partial charge in [0.15, 0.2) is 0 Å². The minimum absolute atomic E-state index is 0.00782. The molecule has 2 N–H and O–H groups in total. The molecule has 0 spiro atoms. The van der Waals surface area contributed by atoms with Gasteiger partial charge >= 0.3 is 0 Å². The van der Waals surface area contributed by atoms with Crippen molar-refractivity contribution in [1.29, 1.82) is 0 Å². The van der Waals surface area contributed by atoms with Crippen LogP contribution in [-0.4, -0.2) is 11.2 Å². The maximum Gasteiger partial charge on any atom is 0.270 e. The first-order valence-electron chi connectivity index (χ1n) is 7.91. The Morgan fingerprint density at radius 1 is 0.889 bits per heavy atom. The number of carbonyl (C=O) groups is 1. The smallest absolute Gasteiger partial charge is 0.270 e. The standard InChI is InChI=1S/C20H14Cl2N2O3/c21-18-9-8-16(11-19(18)22)20(23,12-25)15-6-4-13(5-7-15)14-2-1-3-17(10-14)24(26)27/h1-12H,23H2. The van der Waals surface area contributed by atoms with Gasteiger partial charge in [-0.05, 0) is 34.4 Å². The molecule has 136 valence electrons. The van der Waals surface area contributed by atoms with Crippen LogP contribution < -0.4 is 5.73 Å². The van der Waals surface area contributed by atoms with Gasteiger partial charge in [-0.3, -0.25) is 10.1 Å². The Hall–Kier alpha value is -2.73. The first kappa shape index (κ1) is 19.0. The van der Waals surface area contributed by atoms with Gasteiger partial charge in [0.05, 0.1) is 15.0 Å². The van der Waals surface area contributed by atoms with Gasteiger partial charge in [-0.25, -0.2) is 0 Å². The number of rotatable bonds is 5. The van der Waals surface area contributed by atoms with E-state index in [0.717, 1.165) is 5.56 Å². The van der Waals surface area contributed by atoms with Crippen LogP contribution in [0.4, 0.5) is 5.69 Å². The van der Waals surface area contributed by atoms with Gasteiger partial charge in [0, 0.05) is 12.1 Å². The molecule has 0 aliphatic rings. The summed E-state index contributed by atoms with van der Waals surface area (Å²) in [5.74, 6) is 0. The van der Waals surface area contributed by atoms with Gasteiger partial charge in [0.1, 0.15) is 11.8 Å². The number of aldehydes is 1. The van der Waals surface area contributed by atoms with Crippen molar-refractivity contribution < 1.29 is 9.72 Å². The highest BCUT2D eigenvalue weighted by atomic mass is 35.5. The minimum atomic E-state index is -1.39. The van der Waals surface area contributed by atoms with Crippen molar-refractivity contribution in [2.45, 2.75) is 5.54 Å². The molecule has 0 heterocycles. The zero-order valence-corrected chi connectivity index (χ0v) is 15.4. The molecule has 0 saturated heterocycles. The van der Waals surface area contributed by atoms with E-state index in [9.17, 15) is 14.9 Å². The van der Waals surface area contributed by atoms with Crippen molar-refractivity contribution in [3.63, 3.8) is 0 Å². The van der Waals surface area contributed by atoms with Crippen LogP contribution in [0, 0.1) is 10.1 Å². The third-order valence-corrected chi connectivity index (χ3v) is 5.08. The quantitative estimate of drug-likeness (QED) is 0.372. The van der Waals surface area contributed by atoms with Gasteiger partial charge in [-0.2, -0.15) is 0 Å². The predicted octanol–water partition coefficient (Wildman–Crippen LogP) is 4.97. The SMILES string of the molecule is NC(C=O)(c1ccc(-c2cccc([N+](=O)[O-])c2)cc1)c1ccc(Cl)c(Cl)c1. The van der Waals surface area contributed by atoms with Crippen LogP contribution in [0.1, 0.15) is 11.1 Å². The molecule has 1 atom stereocenters. The summed E-state index contributed by atoms with van der Waals surface area (Å²) in [7, 11) is 0. The normalized spacial score (nSPS) is 13.0. The zero-order chi connectivity index (χ0) is 19.6. The average molecular weight is 401 g/mol. The lowest BCUT2D eigenvalue weighted by Crippen LogP contribution is -2.39. The fourth-order valence-electron chi connectivity index (χ4n) is 2.79. The first-order chi connectivity index (χ1) is 12.8. The lowest BCUT2D eigenvalue weighted by Gasteiger charge is -2.25. The summed E-state index contributed by atoms with van der Waals surface area (Å²) < 4.78 is 0. The molecule has 3 aromatic carbocycles. The van der Waals surface area contributed by atoms with Crippen molar-refractivity contribution in [2.75, 3.05) is 0 Å². The molecule has 0 saturated carbocycles. The number of nitrogens with zero attached hydrogens (tertiary/aromatic N) is 1. The molecule has 1 unspecified atom stereocenters. The van der Waals surface area contributed by atoms with Crippen LogP contribution in [-0.2, 0) is 10.3 Å². The van der Waals surface area contributed by atoms with E-state index in [-0.39, 0.29) is 5.69 Å². The molecule has 3 aromatic rings. The number of benzene rings is 3. The molecular weight excluding hydrogens is 387 g/mol. The van der Waals surface area contributed by atoms with Crippen molar-refractivity contribution in [1.82, 2.24) is 0 Å². The van der Waals surface area contributed by atoms with Gasteiger partial charge < -0.3 is 10.5 Å². The summed E-state index contributed by atoms with van der Waals surface area (Å²) in [6.07, 6.45) is 0.648. The predicted molar refractivity (Wildman–Crippen MR) is 106 cm³/mol. The Labute approximate surface area is 165 Å². The lowest BCUT2D eigenvalue weighted by molar-refractivity contribution is -0.384. The molecule has 0 aromatic heterocycles. The summed E-state index contributed by atoms with van der Waals surface area (Å²) in [5.41, 5.74) is 7.50. The number of hydrogen-bond acceptors (Lipinski definition) is 4. The molecule has 0 radical (unpaired) electrons. The number of nitro benzene ring substituents is 1. The van der Waals surface area contributed by atoms with E-state index in [1.165, 1.54) is 12.1 Å². The average Bonchev–Trinajstić information content (AvgIpc) is 2.69. The van der Waals surface area contributed by atoms with Gasteiger partial charge in [0.25, 0.3) is 5.69 Å². The third-order valence-electron chi connectivity index (χ3n) is 4.34. The molecule has 0 aliphatic carbocycles. The van der Waals surface area contributed by atoms with E-state index in [0.29, 0.717) is 33.0 Å². The summed E-state index contributed by atoms with van der Waals surface area (Å²) >= 11 is 12.0. The first-order valence-corrected chi connectivity index (χ1v) is 8.67. The van der Waals surface area contributed by atoms with Crippen LogP contribution in [0.2, 0.25) is 10.0 Å². The number of nitro groups is 1. The molecule has 7 heteroatoms. The number of non-ortho nitro benzene ring substituents is 1. The van der Waals surface area contributed by atoms with E-state index in [4.69, 9.17) is 28.9 Å². The van der Waals surface area contributed by atoms with Crippen molar-refractivity contribution in [3.05, 3.63) is 98.0 Å². The van der Waals surface area contributed by atoms with Crippen LogP contribution in [0.25, 0.3) is 11.1 Å². The summed E-state index contributed by atoms with van der Waals surface area (Å²) in [6, 6.07) is 18.1. The molecule has 3 rings (SSSR count). The van der Waals surface area contributed by atoms with E-state index >= 15 is 0 Å². The van der Waals surface area contributed by atoms with E-state index < -0.39 is 10.5 Å². The third kappa shape index (κ3) is 3.71. The molecule has 27 heavy (non-hydrogen) atoms. The fourth-order valence-corrected chi connectivity index (χ4v) is 3.09. The van der Waals surface area contributed by atoms with Crippen molar-refractivity contribution >= 4 is 35.2 Å². The second kappa shape index (κ2) is 7.48. The molecule has 0 fully saturated rings. The van der Waals surface area contributed by atoms with E-state index in [1.807, 2.05) is 0 Å². The number of carbonyl (C=O) groups excluding carboxylic acids is 1. The maximum atomic E-state index is 11.8. The highest BCUT2D eigenvalue weighted by Gasteiger charge is 2.30. The van der Waals surface area contributed by atoms with Crippen LogP contribution in [0.5, 0.6) is 0 Å². The van der Waals surface area contributed by atoms with Crippen LogP contribution in [0.15, 0.2) is 66.7 Å². The molecule has 0 aliphatic heterocycles. The largest absolute Gasteiger partial charge is 0.312 e. The summed E-state index contributed by atoms with van der Waals surface area (Å²) in [4.78, 5) is 22.3. The van der Waals surface area contributed by atoms with Gasteiger partial charge in [0.2, 0.25) is 0 Å². The maximum absolute atomic E-state index is 11.8. The number of halogens is 2. The van der Waals surface area contributed by atoms with Crippen LogP contribution in [0.3, 0.4) is 0 Å². The van der Waals surface area contributed by atoms with Crippen LogP contribution >= 0.6 is 23.2 Å². The molecule has 5 nitrogen and oxygen atoms in total. The Morgan fingerprint density at radius 2 is 1.56 bits per heavy atom. The second-order valence-electron chi connectivity index (χ2n) is 6.00. The Kier molecular flexibility index (Phi) is 5.28. The fraction of sp³-hybridized carbons (Fsp3) is 0.0500. The number of nitrogens with two attached hydrogens (primary N) is 1. The molecule has 0 amide bonds. The zero-order valence-electron chi connectivity index (χ0n) is 13.9. The van der Waals surface area contributed by atoms with E-state index in [1.54, 1.807) is 54.6 Å².